The second-order valence-electron chi connectivity index (χ2n) is 22.4. The fourth-order valence-corrected chi connectivity index (χ4v) is 10.1. The second-order valence-corrected chi connectivity index (χ2v) is 22.4. The predicted molar refractivity (Wildman–Crippen MR) is 319 cm³/mol. The number of carbonyl (C=O) groups excluding carboxylic acids is 4. The van der Waals surface area contributed by atoms with Crippen LogP contribution in [-0.2, 0) is 41.3 Å². The maximum Gasteiger partial charge on any atom is 2.00 e. The molecule has 2 aromatic heterocycles. The molecule has 2 aliphatic rings. The molecule has 0 radical (unpaired) electrons. The third kappa shape index (κ3) is 15.7. The van der Waals surface area contributed by atoms with E-state index in [0.717, 1.165) is 11.1 Å². The van der Waals surface area contributed by atoms with Gasteiger partial charge in [-0.15, -0.1) is 0 Å². The Morgan fingerprint density at radius 2 is 0.955 bits per heavy atom. The molecule has 8 rings (SSSR count). The average molecular weight is 1260 g/mol. The Hall–Kier alpha value is -7.92. The molecule has 4 aromatic carbocycles. The number of phenols is 2. The van der Waals surface area contributed by atoms with E-state index in [-0.39, 0.29) is 105 Å². The quantitative estimate of drug-likeness (QED) is 0.0331. The summed E-state index contributed by atoms with van der Waals surface area (Å²) in [6, 6.07) is 13.9. The molecule has 0 bridgehead atoms. The maximum atomic E-state index is 13.3. The van der Waals surface area contributed by atoms with Gasteiger partial charge >= 0.3 is 61.2 Å². The number of benzene rings is 4. The van der Waals surface area contributed by atoms with Crippen LogP contribution in [-0.4, -0.2) is 157 Å². The van der Waals surface area contributed by atoms with Gasteiger partial charge in [0.1, 0.15) is 57.7 Å². The molecular formula is C62H70CaN4O22. The third-order valence-electron chi connectivity index (χ3n) is 14.6. The number of primary amides is 2. The number of phenolic OH excluding ortho intramolecular Hbond substituents is 2. The molecule has 0 saturated carbocycles. The van der Waals surface area contributed by atoms with Gasteiger partial charge in [-0.1, -0.05) is 34.8 Å². The van der Waals surface area contributed by atoms with Crippen LogP contribution in [0, 0.1) is 13.8 Å². The predicted octanol–water partition coefficient (Wildman–Crippen LogP) is 5.61. The number of methoxy groups -OCH3 is 2. The molecule has 8 unspecified atom stereocenters. The zero-order chi connectivity index (χ0) is 65.0. The largest absolute Gasteiger partial charge is 2.00 e. The van der Waals surface area contributed by atoms with E-state index in [2.05, 4.69) is 10.6 Å². The molecular weight excluding hydrogens is 1190 g/mol. The van der Waals surface area contributed by atoms with Crippen LogP contribution < -0.4 is 53.0 Å². The summed E-state index contributed by atoms with van der Waals surface area (Å²) in [7, 11) is 2.73. The molecule has 2 aliphatic heterocycles. The van der Waals surface area contributed by atoms with Crippen molar-refractivity contribution in [3.63, 3.8) is 0 Å². The molecule has 472 valence electrons. The van der Waals surface area contributed by atoms with E-state index in [1.165, 1.54) is 88.7 Å². The van der Waals surface area contributed by atoms with Gasteiger partial charge in [0.25, 0.3) is 11.8 Å². The van der Waals surface area contributed by atoms with E-state index in [4.69, 9.17) is 58.2 Å². The van der Waals surface area contributed by atoms with E-state index in [9.17, 15) is 59.4 Å². The zero-order valence-corrected chi connectivity index (χ0v) is 53.2. The van der Waals surface area contributed by atoms with Crippen molar-refractivity contribution in [1.29, 1.82) is 0 Å². The van der Waals surface area contributed by atoms with Gasteiger partial charge in [0.05, 0.1) is 11.2 Å². The van der Waals surface area contributed by atoms with Crippen LogP contribution in [0.1, 0.15) is 98.4 Å². The van der Waals surface area contributed by atoms with Crippen molar-refractivity contribution in [1.82, 2.24) is 0 Å². The minimum Gasteiger partial charge on any atom is -0.870 e. The number of allylic oxidation sites excluding steroid dienone is 4. The van der Waals surface area contributed by atoms with E-state index >= 15 is 0 Å². The Morgan fingerprint density at radius 1 is 0.607 bits per heavy atom. The number of fused-ring (bicyclic) bond motifs is 2. The molecule has 26 nitrogen and oxygen atoms in total. The van der Waals surface area contributed by atoms with Gasteiger partial charge in [0, 0.05) is 47.2 Å². The molecule has 2 saturated heterocycles. The summed E-state index contributed by atoms with van der Waals surface area (Å²) in [6.07, 6.45) is -7.77. The van der Waals surface area contributed by atoms with E-state index < -0.39 is 119 Å². The van der Waals surface area contributed by atoms with Crippen molar-refractivity contribution in [2.45, 2.75) is 142 Å². The van der Waals surface area contributed by atoms with Crippen LogP contribution in [0.5, 0.6) is 34.5 Å². The van der Waals surface area contributed by atoms with Gasteiger partial charge < -0.3 is 99.5 Å². The summed E-state index contributed by atoms with van der Waals surface area (Å²) in [5.41, 5.74) is 8.39. The number of carbonyl (C=O) groups is 4. The van der Waals surface area contributed by atoms with Crippen LogP contribution in [0.15, 0.2) is 102 Å². The van der Waals surface area contributed by atoms with Crippen LogP contribution in [0.2, 0.25) is 0 Å². The number of aryl methyl sites for hydroxylation is 2. The van der Waals surface area contributed by atoms with Crippen molar-refractivity contribution in [2.75, 3.05) is 24.9 Å². The van der Waals surface area contributed by atoms with Crippen molar-refractivity contribution in [3.05, 3.63) is 138 Å². The monoisotopic (exact) mass is 1260 g/mol. The molecule has 4 heterocycles. The number of aromatic hydroxyl groups is 2. The Bertz CT molecular complexity index is 3600. The summed E-state index contributed by atoms with van der Waals surface area (Å²) >= 11 is 0. The van der Waals surface area contributed by atoms with Gasteiger partial charge in [-0.05, 0) is 154 Å². The van der Waals surface area contributed by atoms with Gasteiger partial charge in [-0.25, -0.2) is 19.2 Å². The first-order chi connectivity index (χ1) is 41.3. The molecule has 27 heteroatoms. The minimum atomic E-state index is -1.53. The molecule has 0 aliphatic carbocycles. The number of amides is 4. The fraction of sp³-hybridized carbons (Fsp3) is 0.387. The molecule has 6 aromatic rings. The van der Waals surface area contributed by atoms with Gasteiger partial charge in [-0.2, -0.15) is 0 Å². The summed E-state index contributed by atoms with van der Waals surface area (Å²) < 4.78 is 55.6. The SMILES string of the molecule is COC1C(OC(N)=O)C(O)C(Oc2ccc3c([O-])c(NC(=O)c4ccc(O)c(CC=C(C)C)c4)c(=O)oc3c2C)OC1(C)C.COC1C(OC(N)=O)C(O)C(Oc2ccc3c([O-])c(NC(=O)c4ccc(O)c(CC=C(C)C)c4)c(=O)oc3c2C)OC1(C)C.[Ca+2]. The first-order valence-electron chi connectivity index (χ1n) is 27.4. The number of rotatable bonds is 16. The Morgan fingerprint density at radius 3 is 1.27 bits per heavy atom. The molecule has 8 atom stereocenters. The number of nitrogens with one attached hydrogen (secondary N) is 2. The normalized spacial score (nSPS) is 20.7. The number of aliphatic hydroxyl groups is 2. The Balaban J connectivity index is 0.000000281. The maximum absolute atomic E-state index is 13.3. The first-order valence-corrected chi connectivity index (χ1v) is 27.4. The molecule has 0 spiro atoms. The van der Waals surface area contributed by atoms with E-state index in [0.29, 0.717) is 24.0 Å². The van der Waals surface area contributed by atoms with Crippen molar-refractivity contribution in [3.8, 4) is 34.5 Å². The van der Waals surface area contributed by atoms with Gasteiger partial charge in [-0.3, -0.25) is 9.59 Å². The molecule has 4 amide bonds. The number of hydrogen-bond acceptors (Lipinski definition) is 22. The smallest absolute Gasteiger partial charge is 0.870 e. The Labute approximate surface area is 539 Å². The Kier molecular flexibility index (Phi) is 22.6. The second kappa shape index (κ2) is 28.7. The van der Waals surface area contributed by atoms with Crippen LogP contribution in [0.3, 0.4) is 0 Å². The van der Waals surface area contributed by atoms with Crippen LogP contribution >= 0.6 is 0 Å². The van der Waals surface area contributed by atoms with Crippen molar-refractivity contribution < 1.29 is 96.5 Å². The minimum absolute atomic E-state index is 0. The number of anilines is 2. The summed E-state index contributed by atoms with van der Waals surface area (Å²) in [6.45, 7) is 17.3. The molecule has 89 heavy (non-hydrogen) atoms. The fourth-order valence-electron chi connectivity index (χ4n) is 10.1. The summed E-state index contributed by atoms with van der Waals surface area (Å²) in [4.78, 5) is 74.8. The zero-order valence-electron chi connectivity index (χ0n) is 51.0. The summed E-state index contributed by atoms with van der Waals surface area (Å²) in [5, 5.41) is 73.4. The first kappa shape index (κ1) is 70.2. The number of aliphatic hydroxyl groups excluding tert-OH is 2. The standard InChI is InChI=1S/2C31H36N2O11.Ca/c2*1-14(2)7-8-16-13-17(9-11-19(16)34)27(37)33-21-22(35)18-10-12-20(15(3)24(18)42-28(21)38)41-29-23(36)25(43-30(32)39)26(40-6)31(4,5)44-29;/h2*7,9-13,23,25-26,29,34-36H,8H2,1-6H3,(H2,32,39)(H,33,37);/q;;+2/p-2. The van der Waals surface area contributed by atoms with E-state index in [1.54, 1.807) is 27.7 Å². The van der Waals surface area contributed by atoms with Crippen LogP contribution in [0.4, 0.5) is 21.0 Å². The number of hydrogen-bond donors (Lipinski definition) is 8. The van der Waals surface area contributed by atoms with E-state index in [1.807, 2.05) is 39.8 Å². The topological polar surface area (TPSA) is 406 Å². The molecule has 10 N–H and O–H groups in total. The van der Waals surface area contributed by atoms with Gasteiger partial charge in [0.2, 0.25) is 12.6 Å². The average Bonchev–Trinajstić information content (AvgIpc) is 1.08. The van der Waals surface area contributed by atoms with Crippen molar-refractivity contribution in [2.24, 2.45) is 11.5 Å². The van der Waals surface area contributed by atoms with Crippen LogP contribution in [0.25, 0.3) is 21.9 Å². The van der Waals surface area contributed by atoms with Crippen molar-refractivity contribution >= 4 is 95.1 Å². The number of nitrogens with two attached hydrogens (primary N) is 2. The number of ether oxygens (including phenoxy) is 8. The van der Waals surface area contributed by atoms with Gasteiger partial charge in [0.15, 0.2) is 24.4 Å². The summed E-state index contributed by atoms with van der Waals surface area (Å²) in [5.74, 6) is -2.84. The third-order valence-corrected chi connectivity index (χ3v) is 14.6. The molecule has 2 fully saturated rings.